The maximum absolute atomic E-state index is 12.3. The van der Waals surface area contributed by atoms with Crippen LogP contribution in [-0.4, -0.2) is 54.2 Å². The highest BCUT2D eigenvalue weighted by Gasteiger charge is 2.23. The maximum atomic E-state index is 12.3. The molecule has 0 bridgehead atoms. The predicted octanol–water partition coefficient (Wildman–Crippen LogP) is -1.65. The van der Waals surface area contributed by atoms with Gasteiger partial charge in [-0.05, 0) is 31.8 Å². The molecule has 1 aliphatic carbocycles. The van der Waals surface area contributed by atoms with E-state index in [9.17, 15) is 14.7 Å². The molecule has 3 N–H and O–H groups in total. The average molecular weight is 370 g/mol. The Kier molecular flexibility index (Phi) is 7.70. The third-order valence-electron chi connectivity index (χ3n) is 4.56. The molecule has 0 fully saturated rings. The fourth-order valence-electron chi connectivity index (χ4n) is 3.21. The summed E-state index contributed by atoms with van der Waals surface area (Å²) in [7, 11) is 4.20. The first kappa shape index (κ1) is 21.3. The second-order valence-corrected chi connectivity index (χ2v) is 7.08. The number of quaternary nitrogens is 1. The zero-order valence-corrected chi connectivity index (χ0v) is 15.8. The smallest absolute Gasteiger partial charge is 0.264 e. The lowest BCUT2D eigenvalue weighted by atomic mass is 9.93. The molecule has 1 aromatic heterocycles. The van der Waals surface area contributed by atoms with Crippen molar-refractivity contribution >= 4 is 5.91 Å². The number of aromatic hydroxyl groups is 1. The normalized spacial score (nSPS) is 13.5. The van der Waals surface area contributed by atoms with Crippen LogP contribution in [0.3, 0.4) is 0 Å². The van der Waals surface area contributed by atoms with Gasteiger partial charge in [0.15, 0.2) is 0 Å². The molecule has 0 aromatic carbocycles. The highest BCUT2D eigenvalue weighted by Crippen LogP contribution is 2.28. The molecular weight excluding hydrogens is 342 g/mol. The summed E-state index contributed by atoms with van der Waals surface area (Å²) in [5, 5.41) is 13.1. The number of carbonyl (C=O) groups is 1. The number of carbonyl (C=O) groups excluding carboxylic acids is 1. The van der Waals surface area contributed by atoms with Gasteiger partial charge in [0.2, 0.25) is 0 Å². The number of hydrogen-bond donors (Lipinski definition) is 3. The second-order valence-electron chi connectivity index (χ2n) is 7.08. The Morgan fingerprint density at radius 3 is 2.72 bits per heavy atom. The molecule has 1 aliphatic rings. The minimum absolute atomic E-state index is 0. The van der Waals surface area contributed by atoms with Crippen molar-refractivity contribution in [1.82, 2.24) is 10.3 Å². The summed E-state index contributed by atoms with van der Waals surface area (Å²) in [6.07, 6.45) is 6.07. The Balaban J connectivity index is 0.00000312. The third kappa shape index (κ3) is 5.34. The number of aromatic nitrogens is 1. The zero-order chi connectivity index (χ0) is 17.7. The first-order valence-electron chi connectivity index (χ1n) is 8.54. The van der Waals surface area contributed by atoms with Crippen molar-refractivity contribution in [1.29, 1.82) is 0 Å². The van der Waals surface area contributed by atoms with E-state index in [1.807, 2.05) is 6.08 Å². The van der Waals surface area contributed by atoms with E-state index in [2.05, 4.69) is 31.0 Å². The summed E-state index contributed by atoms with van der Waals surface area (Å²) in [6, 6.07) is 0. The van der Waals surface area contributed by atoms with Gasteiger partial charge in [-0.2, -0.15) is 0 Å². The molecule has 140 valence electrons. The molecule has 2 rings (SSSR count). The number of amides is 1. The van der Waals surface area contributed by atoms with Crippen molar-refractivity contribution in [2.75, 3.05) is 33.7 Å². The van der Waals surface area contributed by atoms with Crippen LogP contribution in [0.25, 0.3) is 0 Å². The van der Waals surface area contributed by atoms with Crippen molar-refractivity contribution in [3.05, 3.63) is 39.8 Å². The number of rotatable bonds is 7. The second kappa shape index (κ2) is 9.06. The van der Waals surface area contributed by atoms with Crippen LogP contribution in [0.15, 0.2) is 17.4 Å². The molecule has 1 heterocycles. The Morgan fingerprint density at radius 1 is 1.36 bits per heavy atom. The van der Waals surface area contributed by atoms with Crippen LogP contribution in [0.5, 0.6) is 5.75 Å². The predicted molar refractivity (Wildman–Crippen MR) is 94.4 cm³/mol. The monoisotopic (exact) mass is 369 g/mol. The number of nitrogens with one attached hydrogen (secondary N) is 2. The summed E-state index contributed by atoms with van der Waals surface area (Å²) in [6.45, 7) is 5.96. The maximum Gasteiger partial charge on any atom is 0.264 e. The van der Waals surface area contributed by atoms with Gasteiger partial charge >= 0.3 is 0 Å². The summed E-state index contributed by atoms with van der Waals surface area (Å²) in [5.41, 5.74) is 0.822. The van der Waals surface area contributed by atoms with Crippen LogP contribution in [0, 0.1) is 0 Å². The Hall–Kier alpha value is -1.79. The zero-order valence-electron chi connectivity index (χ0n) is 15.0. The lowest BCUT2D eigenvalue weighted by molar-refractivity contribution is -0.884. The molecule has 1 aromatic rings. The number of pyridine rings is 1. The molecule has 0 spiro atoms. The Bertz CT molecular complexity index is 683. The fourth-order valence-corrected chi connectivity index (χ4v) is 3.21. The number of nitrogens with zero attached hydrogens (tertiary/aromatic N) is 1. The van der Waals surface area contributed by atoms with Crippen LogP contribution in [-0.2, 0) is 12.8 Å². The summed E-state index contributed by atoms with van der Waals surface area (Å²) in [4.78, 5) is 27.2. The van der Waals surface area contributed by atoms with Gasteiger partial charge in [0, 0.05) is 24.2 Å². The Labute approximate surface area is 154 Å². The van der Waals surface area contributed by atoms with E-state index in [1.54, 1.807) is 0 Å². The van der Waals surface area contributed by atoms with Crippen LogP contribution in [0.1, 0.15) is 40.9 Å². The van der Waals surface area contributed by atoms with E-state index in [0.29, 0.717) is 13.0 Å². The molecule has 7 heteroatoms. The molecule has 25 heavy (non-hydrogen) atoms. The van der Waals surface area contributed by atoms with Gasteiger partial charge in [0.05, 0.1) is 27.2 Å². The molecule has 6 nitrogen and oxygen atoms in total. The standard InChI is InChI=1S/C18H27N3O3.ClH/c1-4-11-21(2,3)12-7-10-19-17(23)15-16(22)13-8-5-6-9-14(13)20-18(15)24;/h4H,1,5-12H2,2-3H3,(H2-,19,20,22,23,24);1H. The SMILES string of the molecule is C=CC[N+](C)(C)CCCNC(=O)c1c(O)c2c([nH]c1=O)CCCC2.[Cl-]. The van der Waals surface area contributed by atoms with Crippen LogP contribution < -0.4 is 23.3 Å². The lowest BCUT2D eigenvalue weighted by Crippen LogP contribution is -3.00. The van der Waals surface area contributed by atoms with Crippen LogP contribution in [0.2, 0.25) is 0 Å². The highest BCUT2D eigenvalue weighted by atomic mass is 35.5. The van der Waals surface area contributed by atoms with Gasteiger partial charge < -0.3 is 32.3 Å². The van der Waals surface area contributed by atoms with Crippen molar-refractivity contribution < 1.29 is 26.8 Å². The van der Waals surface area contributed by atoms with E-state index in [4.69, 9.17) is 0 Å². The number of fused-ring (bicyclic) bond motifs is 1. The quantitative estimate of drug-likeness (QED) is 0.306. The first-order chi connectivity index (χ1) is 11.4. The van der Waals surface area contributed by atoms with Crippen molar-refractivity contribution in [2.45, 2.75) is 32.1 Å². The van der Waals surface area contributed by atoms with Crippen molar-refractivity contribution in [2.24, 2.45) is 0 Å². The first-order valence-corrected chi connectivity index (χ1v) is 8.54. The number of H-pyrrole nitrogens is 1. The number of hydrogen-bond acceptors (Lipinski definition) is 3. The van der Waals surface area contributed by atoms with E-state index in [1.165, 1.54) is 0 Å². The van der Waals surface area contributed by atoms with E-state index < -0.39 is 11.5 Å². The van der Waals surface area contributed by atoms with Crippen LogP contribution in [0.4, 0.5) is 0 Å². The van der Waals surface area contributed by atoms with E-state index in [0.717, 1.165) is 54.5 Å². The topological polar surface area (TPSA) is 82.2 Å². The van der Waals surface area contributed by atoms with Gasteiger partial charge in [-0.25, -0.2) is 0 Å². The highest BCUT2D eigenvalue weighted by molar-refractivity contribution is 5.96. The fraction of sp³-hybridized carbons (Fsp3) is 0.556. The largest absolute Gasteiger partial charge is 1.00 e. The molecule has 0 unspecified atom stereocenters. The minimum atomic E-state index is -0.506. The lowest BCUT2D eigenvalue weighted by Gasteiger charge is -2.28. The third-order valence-corrected chi connectivity index (χ3v) is 4.56. The number of aryl methyl sites for hydroxylation is 1. The van der Waals surface area contributed by atoms with E-state index >= 15 is 0 Å². The summed E-state index contributed by atoms with van der Waals surface area (Å²) >= 11 is 0. The van der Waals surface area contributed by atoms with Gasteiger partial charge in [0.1, 0.15) is 11.3 Å². The molecule has 0 aliphatic heterocycles. The Morgan fingerprint density at radius 2 is 2.04 bits per heavy atom. The average Bonchev–Trinajstić information content (AvgIpc) is 2.51. The molecule has 0 radical (unpaired) electrons. The molecule has 0 atom stereocenters. The summed E-state index contributed by atoms with van der Waals surface area (Å²) < 4.78 is 0.796. The minimum Gasteiger partial charge on any atom is -1.00 e. The molecular formula is C18H28ClN3O3. The molecule has 0 saturated carbocycles. The van der Waals surface area contributed by atoms with Gasteiger partial charge in [-0.15, -0.1) is 0 Å². The van der Waals surface area contributed by atoms with E-state index in [-0.39, 0.29) is 23.7 Å². The van der Waals surface area contributed by atoms with Gasteiger partial charge in [-0.1, -0.05) is 6.58 Å². The van der Waals surface area contributed by atoms with Gasteiger partial charge in [-0.3, -0.25) is 9.59 Å². The molecule has 0 saturated heterocycles. The summed E-state index contributed by atoms with van der Waals surface area (Å²) in [5.74, 6) is -0.648. The van der Waals surface area contributed by atoms with Gasteiger partial charge in [0.25, 0.3) is 11.5 Å². The van der Waals surface area contributed by atoms with Crippen molar-refractivity contribution in [3.8, 4) is 5.75 Å². The molecule has 1 amide bonds. The van der Waals surface area contributed by atoms with Crippen molar-refractivity contribution in [3.63, 3.8) is 0 Å². The van der Waals surface area contributed by atoms with Crippen LogP contribution >= 0.6 is 0 Å². The number of aromatic amines is 1. The number of likely N-dealkylation sites (N-methyl/N-ethyl adjacent to an activating group) is 1. The number of halogens is 1.